The molecule has 0 amide bonds. The SMILES string of the molecule is NNC(=NC1CC1)c1cccc(Cl)c1Cl. The highest BCUT2D eigenvalue weighted by molar-refractivity contribution is 6.44. The maximum Gasteiger partial charge on any atom is 0.144 e. The maximum atomic E-state index is 6.06. The fourth-order valence-electron chi connectivity index (χ4n) is 1.26. The van der Waals surface area contributed by atoms with Crippen LogP contribution in [0.5, 0.6) is 0 Å². The Morgan fingerprint density at radius 3 is 2.73 bits per heavy atom. The molecule has 1 aromatic rings. The number of hydrogen-bond acceptors (Lipinski definition) is 2. The Labute approximate surface area is 98.2 Å². The number of hydrogen-bond donors (Lipinski definition) is 2. The van der Waals surface area contributed by atoms with Gasteiger partial charge in [0.15, 0.2) is 0 Å². The Kier molecular flexibility index (Phi) is 3.14. The van der Waals surface area contributed by atoms with Gasteiger partial charge in [-0.25, -0.2) is 5.84 Å². The first-order valence-corrected chi connectivity index (χ1v) is 5.46. The first-order chi connectivity index (χ1) is 7.22. The van der Waals surface area contributed by atoms with Crippen LogP contribution in [0.15, 0.2) is 23.2 Å². The van der Waals surface area contributed by atoms with Gasteiger partial charge in [-0.2, -0.15) is 0 Å². The molecule has 1 saturated carbocycles. The lowest BCUT2D eigenvalue weighted by Crippen LogP contribution is -2.31. The standard InChI is InChI=1S/C10H11Cl2N3/c11-8-3-1-2-7(9(8)12)10(15-13)14-6-4-5-6/h1-3,6H,4-5,13H2,(H,14,15). The molecule has 1 aliphatic carbocycles. The predicted molar refractivity (Wildman–Crippen MR) is 63.3 cm³/mol. The average Bonchev–Trinajstić information content (AvgIpc) is 3.03. The summed E-state index contributed by atoms with van der Waals surface area (Å²) < 4.78 is 0. The van der Waals surface area contributed by atoms with E-state index in [-0.39, 0.29) is 0 Å². The van der Waals surface area contributed by atoms with E-state index in [2.05, 4.69) is 10.4 Å². The van der Waals surface area contributed by atoms with Crippen molar-refractivity contribution in [2.45, 2.75) is 18.9 Å². The highest BCUT2D eigenvalue weighted by Gasteiger charge is 2.22. The molecule has 0 aliphatic heterocycles. The lowest BCUT2D eigenvalue weighted by atomic mass is 10.2. The van der Waals surface area contributed by atoms with Crippen LogP contribution < -0.4 is 11.3 Å². The second-order valence-electron chi connectivity index (χ2n) is 3.45. The van der Waals surface area contributed by atoms with Gasteiger partial charge in [0.1, 0.15) is 5.84 Å². The zero-order valence-electron chi connectivity index (χ0n) is 8.00. The number of hydrazine groups is 1. The molecule has 1 aromatic carbocycles. The maximum absolute atomic E-state index is 6.06. The van der Waals surface area contributed by atoms with E-state index in [4.69, 9.17) is 29.0 Å². The molecule has 15 heavy (non-hydrogen) atoms. The Hall–Kier alpha value is -0.770. The molecule has 0 radical (unpaired) electrons. The average molecular weight is 244 g/mol. The van der Waals surface area contributed by atoms with Crippen molar-refractivity contribution < 1.29 is 0 Å². The lowest BCUT2D eigenvalue weighted by molar-refractivity contribution is 0.971. The van der Waals surface area contributed by atoms with Gasteiger partial charge in [-0.15, -0.1) is 0 Å². The molecule has 1 aliphatic rings. The molecule has 0 saturated heterocycles. The summed E-state index contributed by atoms with van der Waals surface area (Å²) in [6.45, 7) is 0. The quantitative estimate of drug-likeness (QED) is 0.363. The van der Waals surface area contributed by atoms with Gasteiger partial charge in [-0.3, -0.25) is 4.99 Å². The van der Waals surface area contributed by atoms with Gasteiger partial charge in [0, 0.05) is 5.56 Å². The van der Waals surface area contributed by atoms with Crippen LogP contribution in [0.1, 0.15) is 18.4 Å². The highest BCUT2D eigenvalue weighted by Crippen LogP contribution is 2.28. The van der Waals surface area contributed by atoms with E-state index in [1.54, 1.807) is 6.07 Å². The first kappa shape index (κ1) is 10.7. The van der Waals surface area contributed by atoms with E-state index in [0.29, 0.717) is 21.9 Å². The zero-order chi connectivity index (χ0) is 10.8. The Balaban J connectivity index is 2.37. The summed E-state index contributed by atoms with van der Waals surface area (Å²) in [7, 11) is 0. The number of nitrogens with two attached hydrogens (primary N) is 1. The molecule has 0 unspecified atom stereocenters. The molecule has 3 N–H and O–H groups in total. The Morgan fingerprint density at radius 2 is 2.13 bits per heavy atom. The number of nitrogens with one attached hydrogen (secondary N) is 1. The second kappa shape index (κ2) is 4.39. The Morgan fingerprint density at radius 1 is 1.40 bits per heavy atom. The molecule has 0 atom stereocenters. The normalized spacial score (nSPS) is 16.6. The van der Waals surface area contributed by atoms with E-state index in [1.807, 2.05) is 12.1 Å². The minimum atomic E-state index is 0.381. The van der Waals surface area contributed by atoms with Crippen molar-refractivity contribution in [3.63, 3.8) is 0 Å². The minimum Gasteiger partial charge on any atom is -0.308 e. The van der Waals surface area contributed by atoms with Crippen molar-refractivity contribution in [3.05, 3.63) is 33.8 Å². The van der Waals surface area contributed by atoms with Crippen molar-refractivity contribution in [2.75, 3.05) is 0 Å². The molecule has 0 heterocycles. The van der Waals surface area contributed by atoms with Crippen LogP contribution in [0.4, 0.5) is 0 Å². The third-order valence-corrected chi connectivity index (χ3v) is 3.02. The fourth-order valence-corrected chi connectivity index (χ4v) is 1.65. The molecule has 3 nitrogen and oxygen atoms in total. The van der Waals surface area contributed by atoms with Crippen LogP contribution in [-0.4, -0.2) is 11.9 Å². The summed E-state index contributed by atoms with van der Waals surface area (Å²) in [5.74, 6) is 6.02. The summed E-state index contributed by atoms with van der Waals surface area (Å²) in [6, 6.07) is 5.78. The highest BCUT2D eigenvalue weighted by atomic mass is 35.5. The van der Waals surface area contributed by atoms with Crippen LogP contribution in [0.3, 0.4) is 0 Å². The molecule has 0 bridgehead atoms. The van der Waals surface area contributed by atoms with Crippen LogP contribution in [0.2, 0.25) is 10.0 Å². The summed E-state index contributed by atoms with van der Waals surface area (Å²) in [6.07, 6.45) is 2.23. The zero-order valence-corrected chi connectivity index (χ0v) is 9.52. The molecule has 0 aromatic heterocycles. The largest absolute Gasteiger partial charge is 0.308 e. The van der Waals surface area contributed by atoms with Crippen molar-refractivity contribution in [1.29, 1.82) is 0 Å². The molecule has 0 spiro atoms. The van der Waals surface area contributed by atoms with E-state index >= 15 is 0 Å². The van der Waals surface area contributed by atoms with E-state index in [0.717, 1.165) is 18.4 Å². The number of rotatable bonds is 2. The predicted octanol–water partition coefficient (Wildman–Crippen LogP) is 2.37. The van der Waals surface area contributed by atoms with Gasteiger partial charge in [0.2, 0.25) is 0 Å². The van der Waals surface area contributed by atoms with E-state index in [1.165, 1.54) is 0 Å². The fraction of sp³-hybridized carbons (Fsp3) is 0.300. The van der Waals surface area contributed by atoms with Crippen LogP contribution >= 0.6 is 23.2 Å². The summed E-state index contributed by atoms with van der Waals surface area (Å²) in [5.41, 5.74) is 3.31. The van der Waals surface area contributed by atoms with Crippen LogP contribution in [0.25, 0.3) is 0 Å². The van der Waals surface area contributed by atoms with Gasteiger partial charge in [-0.1, -0.05) is 29.3 Å². The number of aliphatic imine (C=N–C) groups is 1. The number of halogens is 2. The second-order valence-corrected chi connectivity index (χ2v) is 4.24. The monoisotopic (exact) mass is 243 g/mol. The number of benzene rings is 1. The minimum absolute atomic E-state index is 0.381. The molecule has 1 fully saturated rings. The molecule has 80 valence electrons. The van der Waals surface area contributed by atoms with Gasteiger partial charge in [0.25, 0.3) is 0 Å². The van der Waals surface area contributed by atoms with Crippen LogP contribution in [-0.2, 0) is 0 Å². The van der Waals surface area contributed by atoms with Gasteiger partial charge in [0.05, 0.1) is 16.1 Å². The van der Waals surface area contributed by atoms with Crippen molar-refractivity contribution in [3.8, 4) is 0 Å². The van der Waals surface area contributed by atoms with Gasteiger partial charge in [-0.05, 0) is 25.0 Å². The van der Waals surface area contributed by atoms with Crippen molar-refractivity contribution in [2.24, 2.45) is 10.8 Å². The molecular formula is C10H11Cl2N3. The number of amidine groups is 1. The summed E-state index contributed by atoms with van der Waals surface area (Å²) >= 11 is 12.0. The van der Waals surface area contributed by atoms with Crippen LogP contribution in [0, 0.1) is 0 Å². The molecular weight excluding hydrogens is 233 g/mol. The van der Waals surface area contributed by atoms with Crippen molar-refractivity contribution >= 4 is 29.0 Å². The lowest BCUT2D eigenvalue weighted by Gasteiger charge is -2.08. The molecule has 5 heteroatoms. The number of nitrogens with zero attached hydrogens (tertiary/aromatic N) is 1. The van der Waals surface area contributed by atoms with Gasteiger partial charge >= 0.3 is 0 Å². The van der Waals surface area contributed by atoms with E-state index in [9.17, 15) is 0 Å². The third-order valence-electron chi connectivity index (χ3n) is 2.20. The smallest absolute Gasteiger partial charge is 0.144 e. The topological polar surface area (TPSA) is 50.4 Å². The van der Waals surface area contributed by atoms with Gasteiger partial charge < -0.3 is 5.43 Å². The van der Waals surface area contributed by atoms with E-state index < -0.39 is 0 Å². The Bertz CT molecular complexity index is 400. The summed E-state index contributed by atoms with van der Waals surface area (Å²) in [4.78, 5) is 4.42. The summed E-state index contributed by atoms with van der Waals surface area (Å²) in [5, 5.41) is 0.990. The third kappa shape index (κ3) is 2.43. The van der Waals surface area contributed by atoms with Crippen molar-refractivity contribution in [1.82, 2.24) is 5.43 Å². The molecule has 2 rings (SSSR count). The first-order valence-electron chi connectivity index (χ1n) is 4.71.